The molecule has 59 heavy (non-hydrogen) atoms. The molecule has 0 radical (unpaired) electrons. The number of esters is 2. The first-order valence-corrected chi connectivity index (χ1v) is 24.9. The fourth-order valence-electron chi connectivity index (χ4n) is 6.13. The van der Waals surface area contributed by atoms with Gasteiger partial charge in [0.05, 0.1) is 13.2 Å². The van der Waals surface area contributed by atoms with Gasteiger partial charge in [0.25, 0.3) is 0 Å². The Morgan fingerprint density at radius 1 is 0.525 bits per heavy atom. The van der Waals surface area contributed by atoms with Crippen LogP contribution in [-0.4, -0.2) is 49.3 Å². The maximum Gasteiger partial charge on any atom is 0.472 e. The van der Waals surface area contributed by atoms with E-state index in [-0.39, 0.29) is 32.6 Å². The molecule has 0 aromatic heterocycles. The van der Waals surface area contributed by atoms with E-state index in [1.54, 1.807) is 0 Å². The Balaban J connectivity index is 4.18. The van der Waals surface area contributed by atoms with Crippen LogP contribution >= 0.6 is 7.82 Å². The van der Waals surface area contributed by atoms with Gasteiger partial charge in [0.1, 0.15) is 6.61 Å². The van der Waals surface area contributed by atoms with E-state index in [0.29, 0.717) is 12.8 Å². The van der Waals surface area contributed by atoms with Gasteiger partial charge in [-0.25, -0.2) is 4.57 Å². The molecule has 0 saturated heterocycles. The van der Waals surface area contributed by atoms with Crippen LogP contribution in [-0.2, 0) is 32.7 Å². The molecule has 0 aliphatic carbocycles. The van der Waals surface area contributed by atoms with Crippen molar-refractivity contribution in [2.75, 3.05) is 26.4 Å². The summed E-state index contributed by atoms with van der Waals surface area (Å²) in [6.07, 6.45) is 55.0. The number of allylic oxidation sites excluding steroid dienone is 12. The van der Waals surface area contributed by atoms with Crippen LogP contribution in [0.2, 0.25) is 0 Å². The first kappa shape index (κ1) is 56.5. The molecule has 0 rings (SSSR count). The van der Waals surface area contributed by atoms with Gasteiger partial charge in [0, 0.05) is 19.4 Å². The van der Waals surface area contributed by atoms with Gasteiger partial charge in [-0.3, -0.25) is 18.6 Å². The van der Waals surface area contributed by atoms with E-state index in [0.717, 1.165) is 70.6 Å². The van der Waals surface area contributed by atoms with Gasteiger partial charge < -0.3 is 20.1 Å². The minimum Gasteiger partial charge on any atom is -0.462 e. The predicted octanol–water partition coefficient (Wildman–Crippen LogP) is 13.8. The number of ether oxygens (including phenoxy) is 2. The number of unbranched alkanes of at least 4 members (excludes halogenated alkanes) is 18. The number of hydrogen-bond acceptors (Lipinski definition) is 8. The van der Waals surface area contributed by atoms with Gasteiger partial charge in [-0.2, -0.15) is 0 Å². The molecule has 9 nitrogen and oxygen atoms in total. The largest absolute Gasteiger partial charge is 0.472 e. The molecule has 0 aromatic rings. The van der Waals surface area contributed by atoms with Crippen LogP contribution < -0.4 is 5.73 Å². The first-order valence-electron chi connectivity index (χ1n) is 23.4. The molecule has 0 amide bonds. The van der Waals surface area contributed by atoms with E-state index in [1.165, 1.54) is 83.5 Å². The van der Waals surface area contributed by atoms with Crippen LogP contribution in [0.15, 0.2) is 72.9 Å². The third kappa shape index (κ3) is 44.8. The molecule has 1 unspecified atom stereocenters. The fraction of sp³-hybridized carbons (Fsp3) is 0.714. The highest BCUT2D eigenvalue weighted by Gasteiger charge is 2.26. The minimum atomic E-state index is -4.39. The Bertz CT molecular complexity index is 1190. The lowest BCUT2D eigenvalue weighted by atomic mass is 10.1. The molecule has 0 spiro atoms. The van der Waals surface area contributed by atoms with Crippen molar-refractivity contribution in [2.45, 2.75) is 200 Å². The van der Waals surface area contributed by atoms with Crippen molar-refractivity contribution in [2.24, 2.45) is 5.73 Å². The molecule has 10 heteroatoms. The van der Waals surface area contributed by atoms with Crippen molar-refractivity contribution >= 4 is 19.8 Å². The summed E-state index contributed by atoms with van der Waals surface area (Å²) in [5, 5.41) is 0. The lowest BCUT2D eigenvalue weighted by Gasteiger charge is -2.19. The molecule has 0 heterocycles. The van der Waals surface area contributed by atoms with Crippen molar-refractivity contribution in [1.29, 1.82) is 0 Å². The Hall–Kier alpha value is -2.55. The van der Waals surface area contributed by atoms with E-state index in [9.17, 15) is 19.0 Å². The van der Waals surface area contributed by atoms with Crippen LogP contribution in [0.4, 0.5) is 0 Å². The summed E-state index contributed by atoms with van der Waals surface area (Å²) in [6.45, 7) is 3.58. The highest BCUT2D eigenvalue weighted by Crippen LogP contribution is 2.43. The molecule has 340 valence electrons. The van der Waals surface area contributed by atoms with Crippen molar-refractivity contribution in [1.82, 2.24) is 0 Å². The summed E-state index contributed by atoms with van der Waals surface area (Å²) in [5.74, 6) is -0.871. The van der Waals surface area contributed by atoms with Gasteiger partial charge in [-0.05, 0) is 83.5 Å². The molecule has 3 N–H and O–H groups in total. The lowest BCUT2D eigenvalue weighted by Crippen LogP contribution is -2.29. The Labute approximate surface area is 361 Å². The number of phosphoric acid groups is 1. The summed E-state index contributed by atoms with van der Waals surface area (Å²) in [7, 11) is -4.39. The fourth-order valence-corrected chi connectivity index (χ4v) is 6.89. The summed E-state index contributed by atoms with van der Waals surface area (Å²) in [4.78, 5) is 35.0. The molecule has 0 aliphatic heterocycles. The molecule has 2 atom stereocenters. The van der Waals surface area contributed by atoms with Gasteiger partial charge in [0.2, 0.25) is 0 Å². The predicted molar refractivity (Wildman–Crippen MR) is 247 cm³/mol. The van der Waals surface area contributed by atoms with E-state index >= 15 is 0 Å². The maximum atomic E-state index is 12.6. The van der Waals surface area contributed by atoms with Crippen LogP contribution in [0.5, 0.6) is 0 Å². The minimum absolute atomic E-state index is 0.0452. The second-order valence-electron chi connectivity index (χ2n) is 15.2. The average molecular weight is 848 g/mol. The molecule has 0 aromatic carbocycles. The van der Waals surface area contributed by atoms with E-state index in [4.69, 9.17) is 24.3 Å². The Kier molecular flexibility index (Phi) is 43.0. The van der Waals surface area contributed by atoms with Crippen LogP contribution in [0, 0.1) is 0 Å². The van der Waals surface area contributed by atoms with Crippen LogP contribution in [0.1, 0.15) is 194 Å². The average Bonchev–Trinajstić information content (AvgIpc) is 3.22. The molecular formula is C49H86NO8P. The Morgan fingerprint density at radius 3 is 1.42 bits per heavy atom. The van der Waals surface area contributed by atoms with Crippen LogP contribution in [0.25, 0.3) is 0 Å². The molecular weight excluding hydrogens is 762 g/mol. The van der Waals surface area contributed by atoms with Crippen LogP contribution in [0.3, 0.4) is 0 Å². The quantitative estimate of drug-likeness (QED) is 0.0266. The van der Waals surface area contributed by atoms with Gasteiger partial charge in [-0.15, -0.1) is 0 Å². The second kappa shape index (κ2) is 45.0. The standard InChI is InChI=1S/C49H86NO8P/c1-3-5-7-9-11-13-15-17-19-21-23-25-27-29-31-33-35-37-39-41-48(51)55-45-47(46-57-59(53,54)56-44-43-50)58-49(52)42-40-38-36-34-32-30-28-26-24-22-20-18-16-14-12-10-8-6-4-2/h5,7,11,13,17-20,23,25,29,31,47H,3-4,6,8-10,12,14-16,21-22,24,26-28,30,32-46,50H2,1-2H3,(H,53,54)/b7-5+,13-11+,19-17+,20-18+,25-23+,31-29+/t47-/m1/s1. The van der Waals surface area contributed by atoms with Crippen molar-refractivity contribution < 1.29 is 37.6 Å². The van der Waals surface area contributed by atoms with E-state index in [2.05, 4.69) is 86.8 Å². The monoisotopic (exact) mass is 848 g/mol. The van der Waals surface area contributed by atoms with Crippen molar-refractivity contribution in [3.8, 4) is 0 Å². The lowest BCUT2D eigenvalue weighted by molar-refractivity contribution is -0.161. The SMILES string of the molecule is CC/C=C/C/C=C/C/C=C/C/C=C/C/C=C/CCCCCC(=O)OC[C@H](COP(=O)(O)OCCN)OC(=O)CCCCCCCCCCC/C=C/CCCCCCCC. The summed E-state index contributed by atoms with van der Waals surface area (Å²) < 4.78 is 32.8. The zero-order valence-electron chi connectivity index (χ0n) is 37.5. The van der Waals surface area contributed by atoms with E-state index in [1.807, 2.05) is 0 Å². The normalized spacial score (nSPS) is 13.9. The number of carbonyl (C=O) groups is 2. The molecule has 0 aliphatic rings. The third-order valence-corrected chi connectivity index (χ3v) is 10.6. The summed E-state index contributed by atoms with van der Waals surface area (Å²) in [5.41, 5.74) is 5.35. The third-order valence-electron chi connectivity index (χ3n) is 9.58. The second-order valence-corrected chi connectivity index (χ2v) is 16.7. The zero-order valence-corrected chi connectivity index (χ0v) is 38.4. The summed E-state index contributed by atoms with van der Waals surface area (Å²) >= 11 is 0. The molecule has 0 bridgehead atoms. The first-order chi connectivity index (χ1) is 28.8. The number of hydrogen-bond donors (Lipinski definition) is 2. The van der Waals surface area contributed by atoms with Gasteiger partial charge in [-0.1, -0.05) is 170 Å². The molecule has 0 saturated carbocycles. The zero-order chi connectivity index (χ0) is 43.2. The molecule has 0 fully saturated rings. The number of nitrogens with two attached hydrogens (primary N) is 1. The van der Waals surface area contributed by atoms with E-state index < -0.39 is 32.5 Å². The van der Waals surface area contributed by atoms with Gasteiger partial charge in [0.15, 0.2) is 6.10 Å². The highest BCUT2D eigenvalue weighted by atomic mass is 31.2. The topological polar surface area (TPSA) is 134 Å². The van der Waals surface area contributed by atoms with Gasteiger partial charge >= 0.3 is 19.8 Å². The smallest absolute Gasteiger partial charge is 0.462 e. The summed E-state index contributed by atoms with van der Waals surface area (Å²) in [6, 6.07) is 0. The number of rotatable bonds is 43. The maximum absolute atomic E-state index is 12.6. The highest BCUT2D eigenvalue weighted by molar-refractivity contribution is 7.47. The number of phosphoric ester groups is 1. The van der Waals surface area contributed by atoms with Crippen molar-refractivity contribution in [3.05, 3.63) is 72.9 Å². The Morgan fingerprint density at radius 2 is 0.932 bits per heavy atom. The van der Waals surface area contributed by atoms with Crippen molar-refractivity contribution in [3.63, 3.8) is 0 Å². The number of carbonyl (C=O) groups excluding carboxylic acids is 2.